The van der Waals surface area contributed by atoms with E-state index in [0.29, 0.717) is 25.3 Å². The Bertz CT molecular complexity index is 469. The fourth-order valence-corrected chi connectivity index (χ4v) is 2.45. The number of aryl methyl sites for hydroxylation is 1. The molecule has 0 bridgehead atoms. The van der Waals surface area contributed by atoms with Gasteiger partial charge in [-0.1, -0.05) is 5.16 Å². The number of carbonyl (C=O) groups excluding carboxylic acids is 1. The molecule has 1 aromatic heterocycles. The highest BCUT2D eigenvalue weighted by Gasteiger charge is 2.27. The van der Waals surface area contributed by atoms with E-state index in [4.69, 9.17) is 9.63 Å². The molecular formula is C13H18N2O4. The second-order valence-electron chi connectivity index (χ2n) is 5.03. The van der Waals surface area contributed by atoms with Gasteiger partial charge in [-0.25, -0.2) is 0 Å². The quantitative estimate of drug-likeness (QED) is 0.896. The topological polar surface area (TPSA) is 83.6 Å². The van der Waals surface area contributed by atoms with Crippen LogP contribution in [0.1, 0.15) is 41.8 Å². The fourth-order valence-electron chi connectivity index (χ4n) is 2.45. The first kappa shape index (κ1) is 13.6. The van der Waals surface area contributed by atoms with Gasteiger partial charge in [-0.05, 0) is 32.1 Å². The van der Waals surface area contributed by atoms with Gasteiger partial charge < -0.3 is 14.5 Å². The number of hydrogen-bond acceptors (Lipinski definition) is 4. The number of aromatic nitrogens is 1. The molecule has 2 heterocycles. The number of likely N-dealkylation sites (tertiary alicyclic amines) is 1. The number of carboxylic acids is 1. The molecule has 0 aliphatic carbocycles. The Hall–Kier alpha value is -1.85. The third-order valence-corrected chi connectivity index (χ3v) is 3.52. The van der Waals surface area contributed by atoms with Crippen molar-refractivity contribution in [2.24, 2.45) is 5.92 Å². The van der Waals surface area contributed by atoms with Gasteiger partial charge in [-0.15, -0.1) is 0 Å². The number of nitrogens with zero attached hydrogens (tertiary/aromatic N) is 2. The van der Waals surface area contributed by atoms with Crippen molar-refractivity contribution in [2.45, 2.75) is 32.6 Å². The Labute approximate surface area is 111 Å². The predicted molar refractivity (Wildman–Crippen MR) is 66.7 cm³/mol. The van der Waals surface area contributed by atoms with Gasteiger partial charge in [-0.2, -0.15) is 0 Å². The summed E-state index contributed by atoms with van der Waals surface area (Å²) in [5, 5.41) is 12.3. The number of carbonyl (C=O) groups is 2. The van der Waals surface area contributed by atoms with Gasteiger partial charge >= 0.3 is 5.97 Å². The molecule has 1 N–H and O–H groups in total. The van der Waals surface area contributed by atoms with E-state index in [-0.39, 0.29) is 18.2 Å². The maximum Gasteiger partial charge on any atom is 0.303 e. The molecule has 2 rings (SSSR count). The molecule has 0 radical (unpaired) electrons. The summed E-state index contributed by atoms with van der Waals surface area (Å²) in [4.78, 5) is 24.6. The molecule has 0 saturated carbocycles. The zero-order valence-corrected chi connectivity index (χ0v) is 11.0. The second-order valence-corrected chi connectivity index (χ2v) is 5.03. The molecule has 0 aromatic carbocycles. The molecule has 1 aromatic rings. The summed E-state index contributed by atoms with van der Waals surface area (Å²) in [6.07, 6.45) is 4.19. The van der Waals surface area contributed by atoms with E-state index in [2.05, 4.69) is 5.16 Å². The molecule has 1 aliphatic rings. The molecule has 6 heteroatoms. The monoisotopic (exact) mass is 266 g/mol. The van der Waals surface area contributed by atoms with E-state index < -0.39 is 5.97 Å². The van der Waals surface area contributed by atoms with Crippen molar-refractivity contribution >= 4 is 11.9 Å². The molecule has 1 aliphatic heterocycles. The highest BCUT2D eigenvalue weighted by atomic mass is 16.5. The minimum Gasteiger partial charge on any atom is -0.481 e. The summed E-state index contributed by atoms with van der Waals surface area (Å²) in [5.41, 5.74) is 0.734. The predicted octanol–water partition coefficient (Wildman–Crippen LogP) is 1.70. The second kappa shape index (κ2) is 5.86. The van der Waals surface area contributed by atoms with Gasteiger partial charge in [0.2, 0.25) is 5.76 Å². The Morgan fingerprint density at radius 1 is 1.58 bits per heavy atom. The Morgan fingerprint density at radius 2 is 2.37 bits per heavy atom. The smallest absolute Gasteiger partial charge is 0.303 e. The lowest BCUT2D eigenvalue weighted by atomic mass is 9.93. The Morgan fingerprint density at radius 3 is 3.00 bits per heavy atom. The lowest BCUT2D eigenvalue weighted by Crippen LogP contribution is -2.40. The molecule has 6 nitrogen and oxygen atoms in total. The SMILES string of the molecule is Cc1cnoc1C(=O)N1CCCC(CCC(=O)O)C1. The van der Waals surface area contributed by atoms with Crippen molar-refractivity contribution in [1.82, 2.24) is 10.1 Å². The standard InChI is InChI=1S/C13H18N2O4/c1-9-7-14-19-12(9)13(18)15-6-2-3-10(8-15)4-5-11(16)17/h7,10H,2-6,8H2,1H3,(H,16,17). The van der Waals surface area contributed by atoms with Gasteiger partial charge in [0.1, 0.15) is 0 Å². The van der Waals surface area contributed by atoms with Crippen molar-refractivity contribution in [3.05, 3.63) is 17.5 Å². The van der Waals surface area contributed by atoms with Gasteiger partial charge in [0.15, 0.2) is 0 Å². The van der Waals surface area contributed by atoms with E-state index in [9.17, 15) is 9.59 Å². The normalized spacial score (nSPS) is 19.4. The van der Waals surface area contributed by atoms with Crippen molar-refractivity contribution in [3.8, 4) is 0 Å². The summed E-state index contributed by atoms with van der Waals surface area (Å²) in [6.45, 7) is 3.09. The van der Waals surface area contributed by atoms with Crippen LogP contribution < -0.4 is 0 Å². The maximum absolute atomic E-state index is 12.2. The van der Waals surface area contributed by atoms with Gasteiger partial charge in [0.25, 0.3) is 5.91 Å². The largest absolute Gasteiger partial charge is 0.481 e. The number of amides is 1. The average Bonchev–Trinajstić information content (AvgIpc) is 2.82. The summed E-state index contributed by atoms with van der Waals surface area (Å²) in [7, 11) is 0. The maximum atomic E-state index is 12.2. The van der Waals surface area contributed by atoms with Crippen LogP contribution in [0.4, 0.5) is 0 Å². The molecule has 104 valence electrons. The Balaban J connectivity index is 1.95. The number of rotatable bonds is 4. The molecule has 19 heavy (non-hydrogen) atoms. The van der Waals surface area contributed by atoms with E-state index in [1.54, 1.807) is 11.8 Å². The zero-order chi connectivity index (χ0) is 13.8. The lowest BCUT2D eigenvalue weighted by molar-refractivity contribution is -0.137. The van der Waals surface area contributed by atoms with Crippen molar-refractivity contribution < 1.29 is 19.2 Å². The average molecular weight is 266 g/mol. The summed E-state index contributed by atoms with van der Waals surface area (Å²) in [5.74, 6) is -0.375. The van der Waals surface area contributed by atoms with Crippen LogP contribution in [0.2, 0.25) is 0 Å². The zero-order valence-electron chi connectivity index (χ0n) is 11.0. The number of aliphatic carboxylic acids is 1. The van der Waals surface area contributed by atoms with Crippen LogP contribution in [-0.2, 0) is 4.79 Å². The van der Waals surface area contributed by atoms with E-state index >= 15 is 0 Å². The fraction of sp³-hybridized carbons (Fsp3) is 0.615. The molecular weight excluding hydrogens is 248 g/mol. The number of piperidine rings is 1. The first-order valence-electron chi connectivity index (χ1n) is 6.50. The van der Waals surface area contributed by atoms with E-state index in [0.717, 1.165) is 18.4 Å². The van der Waals surface area contributed by atoms with E-state index in [1.165, 1.54) is 6.20 Å². The van der Waals surface area contributed by atoms with Gasteiger partial charge in [0, 0.05) is 25.1 Å². The van der Waals surface area contributed by atoms with Crippen LogP contribution in [0.5, 0.6) is 0 Å². The van der Waals surface area contributed by atoms with Crippen molar-refractivity contribution in [3.63, 3.8) is 0 Å². The van der Waals surface area contributed by atoms with Crippen LogP contribution >= 0.6 is 0 Å². The van der Waals surface area contributed by atoms with Crippen molar-refractivity contribution in [1.29, 1.82) is 0 Å². The molecule has 0 spiro atoms. The first-order chi connectivity index (χ1) is 9.08. The highest BCUT2D eigenvalue weighted by molar-refractivity contribution is 5.92. The Kier molecular flexibility index (Phi) is 4.19. The summed E-state index contributed by atoms with van der Waals surface area (Å²) < 4.78 is 4.98. The van der Waals surface area contributed by atoms with Crippen LogP contribution in [0.25, 0.3) is 0 Å². The summed E-state index contributed by atoms with van der Waals surface area (Å²) >= 11 is 0. The van der Waals surface area contributed by atoms with Crippen LogP contribution in [0, 0.1) is 12.8 Å². The van der Waals surface area contributed by atoms with Crippen molar-refractivity contribution in [2.75, 3.05) is 13.1 Å². The molecule has 1 amide bonds. The summed E-state index contributed by atoms with van der Waals surface area (Å²) in [6, 6.07) is 0. The first-order valence-corrected chi connectivity index (χ1v) is 6.50. The molecule has 1 unspecified atom stereocenters. The van der Waals surface area contributed by atoms with Crippen LogP contribution in [0.15, 0.2) is 10.7 Å². The minimum atomic E-state index is -0.783. The van der Waals surface area contributed by atoms with Crippen LogP contribution in [-0.4, -0.2) is 40.1 Å². The third-order valence-electron chi connectivity index (χ3n) is 3.52. The lowest BCUT2D eigenvalue weighted by Gasteiger charge is -2.32. The third kappa shape index (κ3) is 3.33. The molecule has 1 saturated heterocycles. The molecule has 1 atom stereocenters. The van der Waals surface area contributed by atoms with Gasteiger partial charge in [-0.3, -0.25) is 9.59 Å². The molecule has 1 fully saturated rings. The van der Waals surface area contributed by atoms with E-state index in [1.807, 2.05) is 0 Å². The van der Waals surface area contributed by atoms with Crippen LogP contribution in [0.3, 0.4) is 0 Å². The number of carboxylic acid groups (broad SMARTS) is 1. The highest BCUT2D eigenvalue weighted by Crippen LogP contribution is 2.23. The van der Waals surface area contributed by atoms with Gasteiger partial charge in [0.05, 0.1) is 6.20 Å². The number of hydrogen-bond donors (Lipinski definition) is 1. The minimum absolute atomic E-state index is 0.143.